The van der Waals surface area contributed by atoms with Crippen LogP contribution in [-0.4, -0.2) is 25.8 Å². The van der Waals surface area contributed by atoms with Crippen LogP contribution in [0.25, 0.3) is 22.6 Å². The van der Waals surface area contributed by atoms with Gasteiger partial charge < -0.3 is 15.6 Å². The number of hydrogen-bond acceptors (Lipinski definition) is 5. The Labute approximate surface area is 210 Å². The number of anilines is 1. The van der Waals surface area contributed by atoms with Gasteiger partial charge >= 0.3 is 5.97 Å². The van der Waals surface area contributed by atoms with Crippen molar-refractivity contribution in [1.29, 1.82) is 0 Å². The number of allylic oxidation sites excluding steroid dienone is 2. The monoisotopic (exact) mass is 482 g/mol. The number of pyridine rings is 1. The fourth-order valence-corrected chi connectivity index (χ4v) is 4.02. The van der Waals surface area contributed by atoms with Gasteiger partial charge in [0.1, 0.15) is 23.9 Å². The Hall–Kier alpha value is -4.39. The maximum Gasteiger partial charge on any atom is 0.307 e. The Kier molecular flexibility index (Phi) is 7.20. The van der Waals surface area contributed by atoms with Crippen molar-refractivity contribution in [2.45, 2.75) is 39.8 Å². The highest BCUT2D eigenvalue weighted by Crippen LogP contribution is 2.26. The van der Waals surface area contributed by atoms with Crippen LogP contribution in [-0.2, 0) is 17.8 Å². The van der Waals surface area contributed by atoms with Crippen LogP contribution in [0.5, 0.6) is 5.75 Å². The van der Waals surface area contributed by atoms with Gasteiger partial charge in [-0.1, -0.05) is 43.0 Å². The summed E-state index contributed by atoms with van der Waals surface area (Å²) in [4.78, 5) is 15.6. The zero-order chi connectivity index (χ0) is 25.8. The fourth-order valence-electron chi connectivity index (χ4n) is 4.02. The molecule has 0 radical (unpaired) electrons. The molecule has 2 aromatic carbocycles. The lowest BCUT2D eigenvalue weighted by Crippen LogP contribution is -2.07. The summed E-state index contributed by atoms with van der Waals surface area (Å²) in [5.41, 5.74) is 11.9. The van der Waals surface area contributed by atoms with E-state index in [9.17, 15) is 9.90 Å². The van der Waals surface area contributed by atoms with Crippen molar-refractivity contribution < 1.29 is 14.6 Å². The zero-order valence-electron chi connectivity index (χ0n) is 20.7. The molecule has 4 aromatic rings. The lowest BCUT2D eigenvalue weighted by molar-refractivity contribution is -0.136. The Morgan fingerprint density at radius 2 is 1.94 bits per heavy atom. The standard InChI is InChI=1S/C29H30N4O3/c1-18(2)33-26(13-9-19(3)22-11-10-21-12-14-28(30)31-24(21)15-22)20(4)25(32-33)17-36-27-8-6-5-7-23(27)16-29(34)35/h5-15,18H,3,16-17H2,1-2,4H3,(H2,30,31)(H,34,35)/b13-9-. The molecule has 3 N–H and O–H groups in total. The number of aromatic nitrogens is 3. The van der Waals surface area contributed by atoms with Gasteiger partial charge in [0.15, 0.2) is 0 Å². The average molecular weight is 483 g/mol. The van der Waals surface area contributed by atoms with Crippen molar-refractivity contribution in [1.82, 2.24) is 14.8 Å². The Morgan fingerprint density at radius 1 is 1.19 bits per heavy atom. The predicted octanol–water partition coefficient (Wildman–Crippen LogP) is 5.84. The highest BCUT2D eigenvalue weighted by atomic mass is 16.5. The Balaban J connectivity index is 1.57. The summed E-state index contributed by atoms with van der Waals surface area (Å²) in [6.45, 7) is 10.6. The molecule has 0 aliphatic heterocycles. The number of para-hydroxylation sites is 1. The van der Waals surface area contributed by atoms with Crippen LogP contribution in [0.15, 0.2) is 67.3 Å². The van der Waals surface area contributed by atoms with Gasteiger partial charge in [0.05, 0.1) is 17.6 Å². The summed E-state index contributed by atoms with van der Waals surface area (Å²) in [6, 6.07) is 17.1. The van der Waals surface area contributed by atoms with Crippen LogP contribution >= 0.6 is 0 Å². The normalized spacial score (nSPS) is 11.4. The van der Waals surface area contributed by atoms with Crippen molar-refractivity contribution >= 4 is 34.3 Å². The maximum absolute atomic E-state index is 11.2. The van der Waals surface area contributed by atoms with Crippen molar-refractivity contribution in [3.63, 3.8) is 0 Å². The molecular weight excluding hydrogens is 452 g/mol. The zero-order valence-corrected chi connectivity index (χ0v) is 20.7. The summed E-state index contributed by atoms with van der Waals surface area (Å²) < 4.78 is 7.96. The van der Waals surface area contributed by atoms with Gasteiger partial charge in [-0.2, -0.15) is 5.10 Å². The fraction of sp³-hybridized carbons (Fsp3) is 0.207. The molecule has 2 aromatic heterocycles. The largest absolute Gasteiger partial charge is 0.487 e. The van der Waals surface area contributed by atoms with E-state index in [2.05, 4.69) is 25.4 Å². The molecule has 0 aliphatic carbocycles. The summed E-state index contributed by atoms with van der Waals surface area (Å²) in [7, 11) is 0. The molecule has 36 heavy (non-hydrogen) atoms. The molecule has 0 atom stereocenters. The lowest BCUT2D eigenvalue weighted by Gasteiger charge is -2.09. The number of fused-ring (bicyclic) bond motifs is 1. The molecule has 2 heterocycles. The lowest BCUT2D eigenvalue weighted by atomic mass is 10.0. The van der Waals surface area contributed by atoms with Gasteiger partial charge in [-0.25, -0.2) is 4.98 Å². The SMILES string of the molecule is C=C(/C=C\c1c(C)c(COc2ccccc2CC(=O)O)nn1C(C)C)c1ccc2ccc(N)nc2c1. The number of carboxylic acids is 1. The molecular formula is C29H30N4O3. The summed E-state index contributed by atoms with van der Waals surface area (Å²) in [5.74, 6) is 0.136. The molecule has 0 saturated carbocycles. The van der Waals surface area contributed by atoms with E-state index < -0.39 is 5.97 Å². The summed E-state index contributed by atoms with van der Waals surface area (Å²) >= 11 is 0. The van der Waals surface area contributed by atoms with Crippen LogP contribution < -0.4 is 10.5 Å². The third-order valence-corrected chi connectivity index (χ3v) is 5.99. The van der Waals surface area contributed by atoms with Crippen LogP contribution in [0.2, 0.25) is 0 Å². The average Bonchev–Trinajstić information content (AvgIpc) is 3.16. The van der Waals surface area contributed by atoms with E-state index >= 15 is 0 Å². The number of nitrogens with two attached hydrogens (primary N) is 1. The highest BCUT2D eigenvalue weighted by molar-refractivity contribution is 5.86. The van der Waals surface area contributed by atoms with Gasteiger partial charge in [-0.15, -0.1) is 0 Å². The molecule has 0 spiro atoms. The summed E-state index contributed by atoms with van der Waals surface area (Å²) in [5, 5.41) is 15.0. The van der Waals surface area contributed by atoms with E-state index in [4.69, 9.17) is 15.6 Å². The van der Waals surface area contributed by atoms with Crippen LogP contribution in [0.1, 0.15) is 48.0 Å². The second-order valence-corrected chi connectivity index (χ2v) is 8.96. The van der Waals surface area contributed by atoms with Crippen molar-refractivity contribution in [2.24, 2.45) is 0 Å². The van der Waals surface area contributed by atoms with E-state index in [1.807, 2.05) is 54.1 Å². The van der Waals surface area contributed by atoms with Gasteiger partial charge in [-0.05, 0) is 62.2 Å². The van der Waals surface area contributed by atoms with Gasteiger partial charge in [0, 0.05) is 22.6 Å². The first-order chi connectivity index (χ1) is 17.2. The molecule has 7 heteroatoms. The number of ether oxygens (including phenoxy) is 1. The molecule has 0 saturated heterocycles. The molecule has 0 unspecified atom stereocenters. The maximum atomic E-state index is 11.2. The number of benzene rings is 2. The van der Waals surface area contributed by atoms with Crippen molar-refractivity contribution in [2.75, 3.05) is 5.73 Å². The molecule has 7 nitrogen and oxygen atoms in total. The molecule has 0 fully saturated rings. The number of aliphatic carboxylic acids is 1. The minimum atomic E-state index is -0.898. The quantitative estimate of drug-likeness (QED) is 0.291. The van der Waals surface area contributed by atoms with Crippen molar-refractivity contribution in [3.05, 3.63) is 95.3 Å². The predicted molar refractivity (Wildman–Crippen MR) is 144 cm³/mol. The molecule has 0 bridgehead atoms. The second kappa shape index (κ2) is 10.5. The minimum absolute atomic E-state index is 0.0947. The number of carbonyl (C=O) groups is 1. The van der Waals surface area contributed by atoms with E-state index in [0.29, 0.717) is 17.1 Å². The first-order valence-electron chi connectivity index (χ1n) is 11.8. The Morgan fingerprint density at radius 3 is 2.69 bits per heavy atom. The Bertz CT molecular complexity index is 1470. The van der Waals surface area contributed by atoms with E-state index in [1.54, 1.807) is 24.3 Å². The number of rotatable bonds is 9. The minimum Gasteiger partial charge on any atom is -0.487 e. The van der Waals surface area contributed by atoms with Crippen LogP contribution in [0.4, 0.5) is 5.82 Å². The van der Waals surface area contributed by atoms with E-state index in [-0.39, 0.29) is 19.1 Å². The molecule has 184 valence electrons. The molecule has 4 rings (SSSR count). The van der Waals surface area contributed by atoms with Gasteiger partial charge in [-0.3, -0.25) is 9.48 Å². The van der Waals surface area contributed by atoms with Gasteiger partial charge in [0.25, 0.3) is 0 Å². The van der Waals surface area contributed by atoms with Crippen LogP contribution in [0.3, 0.4) is 0 Å². The van der Waals surface area contributed by atoms with Gasteiger partial charge in [0.2, 0.25) is 0 Å². The summed E-state index contributed by atoms with van der Waals surface area (Å²) in [6.07, 6.45) is 3.90. The first kappa shape index (κ1) is 24.7. The topological polar surface area (TPSA) is 103 Å². The van der Waals surface area contributed by atoms with Crippen molar-refractivity contribution in [3.8, 4) is 5.75 Å². The molecule has 0 aliphatic rings. The second-order valence-electron chi connectivity index (χ2n) is 8.96. The number of nitrogens with zero attached hydrogens (tertiary/aromatic N) is 3. The number of nitrogen functional groups attached to an aromatic ring is 1. The van der Waals surface area contributed by atoms with E-state index in [1.165, 1.54) is 0 Å². The number of carboxylic acid groups (broad SMARTS) is 1. The third-order valence-electron chi connectivity index (χ3n) is 5.99. The van der Waals surface area contributed by atoms with Crippen LogP contribution in [0, 0.1) is 6.92 Å². The van der Waals surface area contributed by atoms with E-state index in [0.717, 1.165) is 39.0 Å². The first-order valence-corrected chi connectivity index (χ1v) is 11.8. The molecule has 0 amide bonds. The number of hydrogen-bond donors (Lipinski definition) is 2. The highest BCUT2D eigenvalue weighted by Gasteiger charge is 2.16. The third kappa shape index (κ3) is 5.46. The smallest absolute Gasteiger partial charge is 0.307 e.